The van der Waals surface area contributed by atoms with Gasteiger partial charge in [-0.25, -0.2) is 0 Å². The third kappa shape index (κ3) is 4.60. The quantitative estimate of drug-likeness (QED) is 0.661. The molecule has 0 spiro atoms. The molecule has 0 atom stereocenters. The molecule has 1 N–H and O–H groups in total. The Balaban J connectivity index is 0.970. The number of benzene rings is 1. The fourth-order valence-corrected chi connectivity index (χ4v) is 7.25. The van der Waals surface area contributed by atoms with Gasteiger partial charge < -0.3 is 10.2 Å². The molecule has 4 saturated carbocycles. The van der Waals surface area contributed by atoms with Gasteiger partial charge >= 0.3 is 0 Å². The fourth-order valence-electron chi connectivity index (χ4n) is 7.25. The molecule has 5 aliphatic rings. The Morgan fingerprint density at radius 1 is 0.867 bits per heavy atom. The molecule has 1 aliphatic heterocycles. The number of nitrogens with zero attached hydrogens (tertiary/aromatic N) is 2. The number of unbranched alkanes of at least 4 members (excludes halogenated alkanes) is 1. The summed E-state index contributed by atoms with van der Waals surface area (Å²) in [5.74, 6) is 2.95. The normalized spacial score (nSPS) is 33.7. The van der Waals surface area contributed by atoms with E-state index in [-0.39, 0.29) is 5.41 Å². The summed E-state index contributed by atoms with van der Waals surface area (Å²) in [6.07, 6.45) is 10.1. The highest BCUT2D eigenvalue weighted by Crippen LogP contribution is 2.60. The van der Waals surface area contributed by atoms with Gasteiger partial charge in [-0.1, -0.05) is 30.3 Å². The lowest BCUT2D eigenvalue weighted by Crippen LogP contribution is -2.53. The van der Waals surface area contributed by atoms with E-state index in [1.54, 1.807) is 0 Å². The summed E-state index contributed by atoms with van der Waals surface area (Å²) in [6.45, 7) is 7.79. The Labute approximate surface area is 182 Å². The third-order valence-electron chi connectivity index (χ3n) is 8.42. The van der Waals surface area contributed by atoms with Crippen molar-refractivity contribution in [3.63, 3.8) is 0 Å². The number of hydrogen-bond acceptors (Lipinski definition) is 3. The number of carbonyl (C=O) groups excluding carboxylic acids is 1. The Bertz CT molecular complexity index is 675. The zero-order valence-corrected chi connectivity index (χ0v) is 18.5. The van der Waals surface area contributed by atoms with Crippen LogP contribution in [0.4, 0.5) is 0 Å². The molecule has 1 aromatic rings. The highest BCUT2D eigenvalue weighted by molar-refractivity contribution is 5.83. The summed E-state index contributed by atoms with van der Waals surface area (Å²) >= 11 is 0. The van der Waals surface area contributed by atoms with Crippen LogP contribution in [0.5, 0.6) is 0 Å². The van der Waals surface area contributed by atoms with E-state index in [4.69, 9.17) is 0 Å². The molecule has 164 valence electrons. The average molecular weight is 410 g/mol. The summed E-state index contributed by atoms with van der Waals surface area (Å²) in [6, 6.07) is 10.8. The Hall–Kier alpha value is -1.39. The summed E-state index contributed by atoms with van der Waals surface area (Å²) in [5, 5.41) is 3.35. The standard InChI is InChI=1S/C26H39N3O/c30-25(26-17-22-14-23(18-26)16-24(15-22)19-26)27-8-4-5-9-28-10-12-29(13-11-28)20-21-6-2-1-3-7-21/h1-3,6-7,22-24H,4-5,8-20H2,(H,27,30). The maximum absolute atomic E-state index is 13.0. The molecule has 5 fully saturated rings. The van der Waals surface area contributed by atoms with Gasteiger partial charge in [-0.15, -0.1) is 0 Å². The van der Waals surface area contributed by atoms with Crippen LogP contribution in [0.3, 0.4) is 0 Å². The van der Waals surface area contributed by atoms with Crippen LogP contribution >= 0.6 is 0 Å². The first-order valence-corrected chi connectivity index (χ1v) is 12.5. The number of carbonyl (C=O) groups is 1. The van der Waals surface area contributed by atoms with Gasteiger partial charge in [-0.3, -0.25) is 9.69 Å². The smallest absolute Gasteiger partial charge is 0.226 e. The molecule has 1 heterocycles. The minimum Gasteiger partial charge on any atom is -0.356 e. The second-order valence-electron chi connectivity index (χ2n) is 10.8. The van der Waals surface area contributed by atoms with Crippen molar-refractivity contribution < 1.29 is 4.79 Å². The lowest BCUT2D eigenvalue weighted by atomic mass is 9.49. The second kappa shape index (κ2) is 9.00. The van der Waals surface area contributed by atoms with Gasteiger partial charge in [0.05, 0.1) is 0 Å². The van der Waals surface area contributed by atoms with Gasteiger partial charge in [0.1, 0.15) is 0 Å². The van der Waals surface area contributed by atoms with E-state index in [0.29, 0.717) is 5.91 Å². The van der Waals surface area contributed by atoms with Crippen LogP contribution < -0.4 is 5.32 Å². The van der Waals surface area contributed by atoms with Crippen molar-refractivity contribution in [3.05, 3.63) is 35.9 Å². The fraction of sp³-hybridized carbons (Fsp3) is 0.731. The molecule has 4 nitrogen and oxygen atoms in total. The highest BCUT2D eigenvalue weighted by atomic mass is 16.2. The van der Waals surface area contributed by atoms with Crippen molar-refractivity contribution in [2.24, 2.45) is 23.2 Å². The predicted octanol–water partition coefficient (Wildman–Crippen LogP) is 3.92. The molecule has 6 rings (SSSR count). The van der Waals surface area contributed by atoms with E-state index >= 15 is 0 Å². The van der Waals surface area contributed by atoms with Gasteiger partial charge in [0.2, 0.25) is 5.91 Å². The van der Waals surface area contributed by atoms with Crippen molar-refractivity contribution in [2.75, 3.05) is 39.3 Å². The van der Waals surface area contributed by atoms with Crippen LogP contribution in [0.1, 0.15) is 56.9 Å². The van der Waals surface area contributed by atoms with Crippen LogP contribution in [-0.4, -0.2) is 55.0 Å². The molecular formula is C26H39N3O. The monoisotopic (exact) mass is 409 g/mol. The van der Waals surface area contributed by atoms with Crippen LogP contribution in [0.2, 0.25) is 0 Å². The Morgan fingerprint density at radius 2 is 1.47 bits per heavy atom. The number of nitrogens with one attached hydrogen (secondary N) is 1. The van der Waals surface area contributed by atoms with Gasteiger partial charge in [-0.05, 0) is 81.2 Å². The largest absolute Gasteiger partial charge is 0.356 e. The van der Waals surface area contributed by atoms with Crippen molar-refractivity contribution in [1.29, 1.82) is 0 Å². The molecular weight excluding hydrogens is 370 g/mol. The van der Waals surface area contributed by atoms with Crippen LogP contribution in [0.25, 0.3) is 0 Å². The summed E-state index contributed by atoms with van der Waals surface area (Å²) in [5.41, 5.74) is 1.44. The van der Waals surface area contributed by atoms with E-state index in [9.17, 15) is 4.79 Å². The summed E-state index contributed by atoms with van der Waals surface area (Å²) in [7, 11) is 0. The maximum Gasteiger partial charge on any atom is 0.226 e. The third-order valence-corrected chi connectivity index (χ3v) is 8.42. The maximum atomic E-state index is 13.0. The van der Waals surface area contributed by atoms with Gasteiger partial charge in [0.25, 0.3) is 0 Å². The van der Waals surface area contributed by atoms with Crippen LogP contribution in [0, 0.1) is 23.2 Å². The molecule has 1 amide bonds. The minimum atomic E-state index is 0.0177. The molecule has 4 bridgehead atoms. The number of hydrogen-bond donors (Lipinski definition) is 1. The average Bonchev–Trinajstić information content (AvgIpc) is 2.74. The molecule has 0 unspecified atom stereocenters. The van der Waals surface area contributed by atoms with E-state index < -0.39 is 0 Å². The zero-order chi connectivity index (χ0) is 20.4. The first-order chi connectivity index (χ1) is 14.7. The van der Waals surface area contributed by atoms with E-state index in [2.05, 4.69) is 45.4 Å². The predicted molar refractivity (Wildman–Crippen MR) is 121 cm³/mol. The van der Waals surface area contributed by atoms with Crippen molar-refractivity contribution in [3.8, 4) is 0 Å². The van der Waals surface area contributed by atoms with Gasteiger partial charge in [0.15, 0.2) is 0 Å². The molecule has 0 radical (unpaired) electrons. The Morgan fingerprint density at radius 3 is 2.10 bits per heavy atom. The molecule has 1 aromatic carbocycles. The van der Waals surface area contributed by atoms with Crippen LogP contribution in [0.15, 0.2) is 30.3 Å². The zero-order valence-electron chi connectivity index (χ0n) is 18.5. The first kappa shape index (κ1) is 20.5. The molecule has 4 heteroatoms. The molecule has 0 aromatic heterocycles. The van der Waals surface area contributed by atoms with E-state index in [1.807, 2.05) is 0 Å². The van der Waals surface area contributed by atoms with Crippen molar-refractivity contribution >= 4 is 5.91 Å². The summed E-state index contributed by atoms with van der Waals surface area (Å²) in [4.78, 5) is 18.2. The highest BCUT2D eigenvalue weighted by Gasteiger charge is 2.54. The number of amides is 1. The van der Waals surface area contributed by atoms with Gasteiger partial charge in [0, 0.05) is 44.7 Å². The minimum absolute atomic E-state index is 0.0177. The Kier molecular flexibility index (Phi) is 6.15. The SMILES string of the molecule is O=C(NCCCCN1CCN(Cc2ccccc2)CC1)C12CC3CC(CC(C3)C1)C2. The first-order valence-electron chi connectivity index (χ1n) is 12.5. The molecule has 1 saturated heterocycles. The molecule has 30 heavy (non-hydrogen) atoms. The van der Waals surface area contributed by atoms with Crippen LogP contribution in [-0.2, 0) is 11.3 Å². The lowest BCUT2D eigenvalue weighted by Gasteiger charge is -2.55. The van der Waals surface area contributed by atoms with E-state index in [0.717, 1.165) is 50.4 Å². The number of piperazine rings is 1. The number of rotatable bonds is 8. The topological polar surface area (TPSA) is 35.6 Å². The second-order valence-corrected chi connectivity index (χ2v) is 10.8. The summed E-state index contributed by atoms with van der Waals surface area (Å²) < 4.78 is 0. The lowest BCUT2D eigenvalue weighted by molar-refractivity contribution is -0.146. The van der Waals surface area contributed by atoms with E-state index in [1.165, 1.54) is 70.1 Å². The van der Waals surface area contributed by atoms with Gasteiger partial charge in [-0.2, -0.15) is 0 Å². The van der Waals surface area contributed by atoms with Crippen molar-refractivity contribution in [1.82, 2.24) is 15.1 Å². The molecule has 4 aliphatic carbocycles. The van der Waals surface area contributed by atoms with Crippen molar-refractivity contribution in [2.45, 2.75) is 57.9 Å².